The van der Waals surface area contributed by atoms with Gasteiger partial charge >= 0.3 is 5.97 Å². The summed E-state index contributed by atoms with van der Waals surface area (Å²) in [5.74, 6) is -0.405. The Morgan fingerprint density at radius 2 is 1.28 bits per heavy atom. The number of hydrogen-bond acceptors (Lipinski definition) is 7. The van der Waals surface area contributed by atoms with Crippen molar-refractivity contribution in [1.82, 2.24) is 0 Å². The van der Waals surface area contributed by atoms with Gasteiger partial charge in [-0.05, 0) is 97.4 Å². The van der Waals surface area contributed by atoms with Crippen molar-refractivity contribution in [3.63, 3.8) is 0 Å². The van der Waals surface area contributed by atoms with Crippen LogP contribution in [0, 0.1) is 6.92 Å². The molecule has 0 radical (unpaired) electrons. The zero-order valence-corrected chi connectivity index (χ0v) is 26.9. The molecule has 0 spiro atoms. The van der Waals surface area contributed by atoms with E-state index in [1.54, 1.807) is 23.9 Å². The van der Waals surface area contributed by atoms with Crippen molar-refractivity contribution < 1.29 is 19.2 Å². The summed E-state index contributed by atoms with van der Waals surface area (Å²) in [5.41, 5.74) is 5.35. The first-order valence-electron chi connectivity index (χ1n) is 14.6. The van der Waals surface area contributed by atoms with Gasteiger partial charge in [-0.25, -0.2) is 4.79 Å². The quantitative estimate of drug-likeness (QED) is 0.0442. The fraction of sp³-hybridized carbons (Fsp3) is 0.105. The van der Waals surface area contributed by atoms with Gasteiger partial charge in [-0.1, -0.05) is 59.2 Å². The zero-order chi connectivity index (χ0) is 32.5. The zero-order valence-electron chi connectivity index (χ0n) is 25.4. The SMILES string of the molecule is CC(=O)O/N=C(\CCSc1ccc(Cl)cc1)C(=O)c1ccc(N(c2ccccc2)c2ccc(C(=O)c3ccccc3C)cc2)cc1. The molecule has 0 heterocycles. The van der Waals surface area contributed by atoms with E-state index in [9.17, 15) is 14.4 Å². The summed E-state index contributed by atoms with van der Waals surface area (Å²) >= 11 is 7.53. The molecule has 8 heteroatoms. The lowest BCUT2D eigenvalue weighted by atomic mass is 9.99. The first-order valence-corrected chi connectivity index (χ1v) is 16.0. The standard InChI is InChI=1S/C38H31ClN2O4S/c1-26-8-6-7-11-35(26)37(43)28-12-18-32(19-13-28)41(31-9-4-3-5-10-31)33-20-14-29(15-21-33)38(44)36(40-45-27(2)42)24-25-46-34-22-16-30(39)17-23-34/h3-23H,24-25H2,1-2H3/b40-36+. The van der Waals surface area contributed by atoms with Crippen LogP contribution in [-0.4, -0.2) is 29.0 Å². The van der Waals surface area contributed by atoms with E-state index in [1.165, 1.54) is 6.92 Å². The molecular weight excluding hydrogens is 616 g/mol. The number of para-hydroxylation sites is 1. The van der Waals surface area contributed by atoms with Crippen molar-refractivity contribution in [1.29, 1.82) is 0 Å². The maximum Gasteiger partial charge on any atom is 0.331 e. The van der Waals surface area contributed by atoms with Crippen LogP contribution in [-0.2, 0) is 9.63 Å². The second kappa shape index (κ2) is 15.3. The maximum atomic E-state index is 13.5. The van der Waals surface area contributed by atoms with E-state index in [-0.39, 0.29) is 17.3 Å². The molecule has 0 atom stereocenters. The van der Waals surface area contributed by atoms with Gasteiger partial charge in [-0.15, -0.1) is 11.8 Å². The summed E-state index contributed by atoms with van der Waals surface area (Å²) in [6.07, 6.45) is 0.297. The molecule has 0 amide bonds. The fourth-order valence-corrected chi connectivity index (χ4v) is 5.80. The third kappa shape index (κ3) is 8.18. The molecule has 0 bridgehead atoms. The number of thioether (sulfide) groups is 1. The minimum Gasteiger partial charge on any atom is -0.318 e. The van der Waals surface area contributed by atoms with Gasteiger partial charge in [-0.2, -0.15) is 0 Å². The molecule has 0 N–H and O–H groups in total. The van der Waals surface area contributed by atoms with E-state index in [0.29, 0.717) is 33.9 Å². The molecular formula is C38H31ClN2O4S. The van der Waals surface area contributed by atoms with Gasteiger partial charge in [-0.3, -0.25) is 9.59 Å². The van der Waals surface area contributed by atoms with E-state index < -0.39 is 5.97 Å². The third-order valence-corrected chi connectivity index (χ3v) is 8.41. The molecule has 5 rings (SSSR count). The summed E-state index contributed by atoms with van der Waals surface area (Å²) in [5, 5.41) is 4.54. The first kappa shape index (κ1) is 32.4. The average Bonchev–Trinajstić information content (AvgIpc) is 3.08. The molecule has 230 valence electrons. The Balaban J connectivity index is 1.38. The number of carbonyl (C=O) groups excluding carboxylic acids is 3. The minimum absolute atomic E-state index is 0.0310. The van der Waals surface area contributed by atoms with Crippen LogP contribution in [0.1, 0.15) is 45.2 Å². The number of Topliss-reactive ketones (excluding diaryl/α,β-unsaturated/α-hetero) is 1. The minimum atomic E-state index is -0.601. The summed E-state index contributed by atoms with van der Waals surface area (Å²) in [6, 6.07) is 39.5. The van der Waals surface area contributed by atoms with Crippen molar-refractivity contribution in [3.8, 4) is 0 Å². The summed E-state index contributed by atoms with van der Waals surface area (Å²) in [4.78, 5) is 46.1. The smallest absolute Gasteiger partial charge is 0.318 e. The van der Waals surface area contributed by atoms with Crippen LogP contribution < -0.4 is 4.90 Å². The first-order chi connectivity index (χ1) is 22.3. The molecule has 0 aliphatic heterocycles. The van der Waals surface area contributed by atoms with Gasteiger partial charge in [0.2, 0.25) is 5.78 Å². The monoisotopic (exact) mass is 646 g/mol. The Kier molecular flexibility index (Phi) is 10.8. The molecule has 5 aromatic carbocycles. The van der Waals surface area contributed by atoms with Gasteiger partial charge in [0.25, 0.3) is 0 Å². The number of oxime groups is 1. The highest BCUT2D eigenvalue weighted by atomic mass is 35.5. The van der Waals surface area contributed by atoms with Crippen molar-refractivity contribution in [3.05, 3.63) is 155 Å². The van der Waals surface area contributed by atoms with Crippen molar-refractivity contribution >= 4 is 63.7 Å². The number of hydrogen-bond donors (Lipinski definition) is 0. The molecule has 0 aromatic heterocycles. The Morgan fingerprint density at radius 3 is 1.89 bits per heavy atom. The largest absolute Gasteiger partial charge is 0.331 e. The summed E-state index contributed by atoms with van der Waals surface area (Å²) in [7, 11) is 0. The Hall–Kier alpha value is -4.98. The third-order valence-electron chi connectivity index (χ3n) is 7.15. The number of benzene rings is 5. The molecule has 46 heavy (non-hydrogen) atoms. The Bertz CT molecular complexity index is 1860. The van der Waals surface area contributed by atoms with E-state index in [0.717, 1.165) is 27.5 Å². The summed E-state index contributed by atoms with van der Waals surface area (Å²) < 4.78 is 0. The van der Waals surface area contributed by atoms with E-state index in [1.807, 2.05) is 127 Å². The van der Waals surface area contributed by atoms with Gasteiger partial charge in [0.15, 0.2) is 5.78 Å². The van der Waals surface area contributed by atoms with Gasteiger partial charge < -0.3 is 9.74 Å². The highest BCUT2D eigenvalue weighted by Crippen LogP contribution is 2.35. The molecule has 0 aliphatic carbocycles. The maximum absolute atomic E-state index is 13.5. The number of ketones is 2. The average molecular weight is 647 g/mol. The van der Waals surface area contributed by atoms with Crippen LogP contribution in [0.15, 0.2) is 137 Å². The lowest BCUT2D eigenvalue weighted by molar-refractivity contribution is -0.140. The number of aryl methyl sites for hydroxylation is 1. The lowest BCUT2D eigenvalue weighted by Gasteiger charge is -2.25. The van der Waals surface area contributed by atoms with Crippen LogP contribution in [0.25, 0.3) is 0 Å². The molecule has 0 unspecified atom stereocenters. The number of anilines is 3. The predicted octanol–water partition coefficient (Wildman–Crippen LogP) is 9.63. The fourth-order valence-electron chi connectivity index (χ4n) is 4.81. The normalized spacial score (nSPS) is 11.2. The number of carbonyl (C=O) groups is 3. The van der Waals surface area contributed by atoms with Crippen molar-refractivity contribution in [2.45, 2.75) is 25.2 Å². The number of halogens is 1. The molecule has 0 aliphatic rings. The summed E-state index contributed by atoms with van der Waals surface area (Å²) in [6.45, 7) is 3.17. The number of nitrogens with zero attached hydrogens (tertiary/aromatic N) is 2. The van der Waals surface area contributed by atoms with Crippen molar-refractivity contribution in [2.24, 2.45) is 5.16 Å². The van der Waals surface area contributed by atoms with E-state index in [4.69, 9.17) is 16.4 Å². The van der Waals surface area contributed by atoms with Crippen molar-refractivity contribution in [2.75, 3.05) is 10.7 Å². The second-order valence-corrected chi connectivity index (χ2v) is 12.0. The topological polar surface area (TPSA) is 76.0 Å². The Morgan fingerprint density at radius 1 is 0.717 bits per heavy atom. The van der Waals surface area contributed by atoms with Crippen LogP contribution >= 0.6 is 23.4 Å². The molecule has 0 fully saturated rings. The molecule has 6 nitrogen and oxygen atoms in total. The van der Waals surface area contributed by atoms with Crippen LogP contribution in [0.4, 0.5) is 17.1 Å². The highest BCUT2D eigenvalue weighted by Gasteiger charge is 2.19. The molecule has 0 saturated carbocycles. The second-order valence-electron chi connectivity index (χ2n) is 10.4. The highest BCUT2D eigenvalue weighted by molar-refractivity contribution is 7.99. The molecule has 0 saturated heterocycles. The van der Waals surface area contributed by atoms with E-state index >= 15 is 0 Å². The lowest BCUT2D eigenvalue weighted by Crippen LogP contribution is -2.17. The van der Waals surface area contributed by atoms with Crippen LogP contribution in [0.3, 0.4) is 0 Å². The van der Waals surface area contributed by atoms with Gasteiger partial charge in [0.05, 0.1) is 0 Å². The van der Waals surface area contributed by atoms with Crippen LogP contribution in [0.5, 0.6) is 0 Å². The van der Waals surface area contributed by atoms with E-state index in [2.05, 4.69) is 5.16 Å². The molecule has 5 aromatic rings. The predicted molar refractivity (Wildman–Crippen MR) is 186 cm³/mol. The van der Waals surface area contributed by atoms with Crippen LogP contribution in [0.2, 0.25) is 5.02 Å². The number of rotatable bonds is 12. The van der Waals surface area contributed by atoms with Gasteiger partial charge in [0, 0.05) is 62.8 Å². The Labute approximate surface area is 277 Å². The van der Waals surface area contributed by atoms with Gasteiger partial charge in [0.1, 0.15) is 5.71 Å².